The Kier molecular flexibility index (Phi) is 1.91. The van der Waals surface area contributed by atoms with E-state index in [9.17, 15) is 4.79 Å². The van der Waals surface area contributed by atoms with Crippen LogP contribution < -0.4 is 0 Å². The van der Waals surface area contributed by atoms with E-state index in [4.69, 9.17) is 0 Å². The second-order valence-electron chi connectivity index (χ2n) is 4.50. The molecule has 0 bridgehead atoms. The minimum absolute atomic E-state index is 0.138. The van der Waals surface area contributed by atoms with Crippen molar-refractivity contribution < 1.29 is 4.79 Å². The maximum Gasteiger partial charge on any atom is 0.180 e. The van der Waals surface area contributed by atoms with Gasteiger partial charge in [-0.3, -0.25) is 4.79 Å². The lowest BCUT2D eigenvalue weighted by Gasteiger charge is -2.31. The lowest BCUT2D eigenvalue weighted by Crippen LogP contribution is -2.39. The third-order valence-corrected chi connectivity index (χ3v) is 4.80. The Morgan fingerprint density at radius 1 is 1.14 bits per heavy atom. The molecule has 0 aliphatic heterocycles. The van der Waals surface area contributed by atoms with Crippen molar-refractivity contribution in [1.29, 1.82) is 0 Å². The van der Waals surface area contributed by atoms with Crippen LogP contribution in [-0.4, -0.2) is 10.1 Å². The second kappa shape index (κ2) is 2.69. The number of ketones is 1. The maximum atomic E-state index is 12.1. The van der Waals surface area contributed by atoms with Gasteiger partial charge in [0.2, 0.25) is 0 Å². The van der Waals surface area contributed by atoms with Gasteiger partial charge in [0, 0.05) is 11.0 Å². The molecule has 74 valence electrons. The zero-order valence-corrected chi connectivity index (χ0v) is 10.2. The molecular weight excluding hydrogens is 240 g/mol. The lowest BCUT2D eigenvalue weighted by atomic mass is 9.79. The van der Waals surface area contributed by atoms with Gasteiger partial charge in [-0.2, -0.15) is 0 Å². The summed E-state index contributed by atoms with van der Waals surface area (Å²) < 4.78 is -0.469. The molecule has 14 heavy (non-hydrogen) atoms. The van der Waals surface area contributed by atoms with Gasteiger partial charge in [0.15, 0.2) is 5.78 Å². The van der Waals surface area contributed by atoms with Crippen molar-refractivity contribution in [1.82, 2.24) is 0 Å². The van der Waals surface area contributed by atoms with E-state index in [2.05, 4.69) is 29.8 Å². The van der Waals surface area contributed by atoms with Crippen LogP contribution in [0.2, 0.25) is 0 Å². The molecule has 1 unspecified atom stereocenters. The average Bonchev–Trinajstić information content (AvgIpc) is 2.27. The maximum absolute atomic E-state index is 12.1. The highest BCUT2D eigenvalue weighted by atomic mass is 79.9. The number of alkyl halides is 1. The molecule has 0 spiro atoms. The molecule has 2 heteroatoms. The van der Waals surface area contributed by atoms with Gasteiger partial charge in [-0.05, 0) is 12.5 Å². The Morgan fingerprint density at radius 3 is 2.29 bits per heavy atom. The van der Waals surface area contributed by atoms with Crippen LogP contribution in [0.1, 0.15) is 36.7 Å². The number of hydrogen-bond donors (Lipinski definition) is 0. The number of carbonyl (C=O) groups is 1. The normalized spacial score (nSPS) is 29.0. The third-order valence-electron chi connectivity index (χ3n) is 3.45. The smallest absolute Gasteiger partial charge is 0.180 e. The van der Waals surface area contributed by atoms with Crippen LogP contribution in [0, 0.1) is 0 Å². The summed E-state index contributed by atoms with van der Waals surface area (Å²) in [7, 11) is 0. The summed E-state index contributed by atoms with van der Waals surface area (Å²) in [6, 6.07) is 7.86. The van der Waals surface area contributed by atoms with Gasteiger partial charge < -0.3 is 0 Å². The quantitative estimate of drug-likeness (QED) is 0.648. The Balaban J connectivity index is 2.74. The van der Waals surface area contributed by atoms with Crippen LogP contribution in [-0.2, 0) is 5.41 Å². The first-order valence-electron chi connectivity index (χ1n) is 4.72. The van der Waals surface area contributed by atoms with Gasteiger partial charge in [-0.1, -0.05) is 54.0 Å². The first-order valence-corrected chi connectivity index (χ1v) is 5.51. The van der Waals surface area contributed by atoms with Crippen molar-refractivity contribution in [3.63, 3.8) is 0 Å². The average molecular weight is 253 g/mol. The van der Waals surface area contributed by atoms with Gasteiger partial charge in [0.25, 0.3) is 0 Å². The van der Waals surface area contributed by atoms with E-state index in [0.717, 1.165) is 11.1 Å². The fraction of sp³-hybridized carbons (Fsp3) is 0.417. The molecule has 0 saturated carbocycles. The van der Waals surface area contributed by atoms with Crippen molar-refractivity contribution in [3.8, 4) is 0 Å². The molecule has 2 rings (SSSR count). The van der Waals surface area contributed by atoms with Crippen molar-refractivity contribution in [2.24, 2.45) is 0 Å². The molecule has 0 fully saturated rings. The minimum Gasteiger partial charge on any atom is -0.293 e. The van der Waals surface area contributed by atoms with E-state index >= 15 is 0 Å². The topological polar surface area (TPSA) is 17.1 Å². The first-order chi connectivity index (χ1) is 6.39. The number of halogens is 1. The van der Waals surface area contributed by atoms with Crippen LogP contribution in [0.4, 0.5) is 0 Å². The molecule has 1 aromatic rings. The number of benzene rings is 1. The summed E-state index contributed by atoms with van der Waals surface area (Å²) in [5.41, 5.74) is 1.86. The zero-order chi connectivity index (χ0) is 10.6. The molecule has 0 N–H and O–H groups in total. The highest BCUT2D eigenvalue weighted by Crippen LogP contribution is 2.50. The molecule has 1 aliphatic carbocycles. The monoisotopic (exact) mass is 252 g/mol. The van der Waals surface area contributed by atoms with Gasteiger partial charge in [-0.25, -0.2) is 0 Å². The molecule has 1 atom stereocenters. The number of rotatable bonds is 0. The largest absolute Gasteiger partial charge is 0.293 e. The number of carbonyl (C=O) groups excluding carboxylic acids is 1. The van der Waals surface area contributed by atoms with Crippen molar-refractivity contribution in [3.05, 3.63) is 35.4 Å². The molecular formula is C12H13BrO. The van der Waals surface area contributed by atoms with E-state index in [1.165, 1.54) is 0 Å². The molecule has 1 aliphatic rings. The van der Waals surface area contributed by atoms with E-state index in [-0.39, 0.29) is 11.2 Å². The Morgan fingerprint density at radius 2 is 1.71 bits per heavy atom. The van der Waals surface area contributed by atoms with Gasteiger partial charge in [0.1, 0.15) is 0 Å². The fourth-order valence-corrected chi connectivity index (χ4v) is 2.44. The van der Waals surface area contributed by atoms with Gasteiger partial charge in [-0.15, -0.1) is 0 Å². The lowest BCUT2D eigenvalue weighted by molar-refractivity contribution is 0.0943. The van der Waals surface area contributed by atoms with E-state index in [1.807, 2.05) is 31.2 Å². The summed E-state index contributed by atoms with van der Waals surface area (Å²) >= 11 is 3.56. The van der Waals surface area contributed by atoms with Crippen LogP contribution >= 0.6 is 15.9 Å². The van der Waals surface area contributed by atoms with Crippen LogP contribution in [0.3, 0.4) is 0 Å². The predicted molar refractivity (Wildman–Crippen MR) is 61.1 cm³/mol. The fourth-order valence-electron chi connectivity index (χ4n) is 2.02. The van der Waals surface area contributed by atoms with E-state index in [0.29, 0.717) is 0 Å². The molecule has 0 aromatic heterocycles. The summed E-state index contributed by atoms with van der Waals surface area (Å²) in [6.45, 7) is 6.16. The summed E-state index contributed by atoms with van der Waals surface area (Å²) in [6.07, 6.45) is 0. The Bertz CT molecular complexity index is 405. The third kappa shape index (κ3) is 0.977. The van der Waals surface area contributed by atoms with Gasteiger partial charge >= 0.3 is 0 Å². The van der Waals surface area contributed by atoms with Crippen LogP contribution in [0.25, 0.3) is 0 Å². The van der Waals surface area contributed by atoms with Crippen LogP contribution in [0.15, 0.2) is 24.3 Å². The standard InChI is InChI=1S/C12H13BrO/c1-11(2)9-7-5-4-6-8(9)10(14)12(11,3)13/h4-7H,1-3H3. The second-order valence-corrected chi connectivity index (χ2v) is 6.09. The molecule has 1 nitrogen and oxygen atoms in total. The number of fused-ring (bicyclic) bond motifs is 1. The number of Topliss-reactive ketones (excluding diaryl/α,β-unsaturated/α-hetero) is 1. The van der Waals surface area contributed by atoms with Crippen molar-refractivity contribution >= 4 is 21.7 Å². The summed E-state index contributed by atoms with van der Waals surface area (Å²) in [5.74, 6) is 0.193. The minimum atomic E-state index is -0.469. The first kappa shape index (κ1) is 9.91. The zero-order valence-electron chi connectivity index (χ0n) is 8.60. The van der Waals surface area contributed by atoms with E-state index in [1.54, 1.807) is 0 Å². The predicted octanol–water partition coefficient (Wildman–Crippen LogP) is 3.31. The summed E-state index contributed by atoms with van der Waals surface area (Å²) in [5, 5.41) is 0. The van der Waals surface area contributed by atoms with Crippen molar-refractivity contribution in [2.75, 3.05) is 0 Å². The number of hydrogen-bond acceptors (Lipinski definition) is 1. The molecule has 1 aromatic carbocycles. The molecule has 0 radical (unpaired) electrons. The highest BCUT2D eigenvalue weighted by Gasteiger charge is 2.53. The SMILES string of the molecule is CC1(Br)C(=O)c2ccccc2C1(C)C. The Hall–Kier alpha value is -0.630. The molecule has 0 amide bonds. The van der Waals surface area contributed by atoms with Crippen LogP contribution in [0.5, 0.6) is 0 Å². The molecule has 0 saturated heterocycles. The van der Waals surface area contributed by atoms with Crippen molar-refractivity contribution in [2.45, 2.75) is 30.5 Å². The summed E-state index contributed by atoms with van der Waals surface area (Å²) in [4.78, 5) is 12.1. The molecule has 0 heterocycles. The highest BCUT2D eigenvalue weighted by molar-refractivity contribution is 9.10. The van der Waals surface area contributed by atoms with Gasteiger partial charge in [0.05, 0.1) is 4.32 Å². The Labute approximate surface area is 92.6 Å². The van der Waals surface area contributed by atoms with E-state index < -0.39 is 4.32 Å².